The Labute approximate surface area is 732 Å². The molecule has 0 fully saturated rings. The number of benzene rings is 15. The summed E-state index contributed by atoms with van der Waals surface area (Å²) in [6.07, 6.45) is 13.7. The van der Waals surface area contributed by atoms with Gasteiger partial charge in [-0.3, -0.25) is 0 Å². The molecule has 0 saturated carbocycles. The number of anilines is 11. The third-order valence-corrected chi connectivity index (χ3v) is 30.7. The molecule has 1 atom stereocenters. The van der Waals surface area contributed by atoms with Gasteiger partial charge in [-0.2, -0.15) is 0 Å². The van der Waals surface area contributed by atoms with Gasteiger partial charge < -0.3 is 19.6 Å². The van der Waals surface area contributed by atoms with Crippen LogP contribution in [-0.4, -0.2) is 0 Å². The SMILES string of the molecule is CC1CC2=C(C=C1N1c3ccccc3C(C)(C)c3ccccc31)C(C)(C)c1cc(C=Cc3cccc4c(N5c6ccccc6C(C)(Cc6cccc7c6C(C)(C)c6ccccc6N7c6ccc7c(c6)C(C)(C)c6cc(C=Cc8ccc9c(c8)C(C)(C)c8cc(N%10c%11ccccc%11C(C)(C)c%11ccccc%11%10)ccc8-9)ccc6-7)c6ccccc65)cccc34)ccc12. The number of allylic oxidation sites excluding steroid dienone is 4. The van der Waals surface area contributed by atoms with Crippen LogP contribution in [-0.2, 0) is 44.3 Å². The van der Waals surface area contributed by atoms with Gasteiger partial charge in [0.05, 0.1) is 39.8 Å². The molecule has 4 nitrogen and oxygen atoms in total. The van der Waals surface area contributed by atoms with Gasteiger partial charge in [0.25, 0.3) is 0 Å². The molecule has 0 aromatic heterocycles. The minimum absolute atomic E-state index is 0.106. The fraction of sp³-hybridized carbons (Fsp3) is 0.200. The molecule has 1 unspecified atom stereocenters. The summed E-state index contributed by atoms with van der Waals surface area (Å²) in [5.41, 5.74) is 46.7. The molecule has 15 aromatic rings. The van der Waals surface area contributed by atoms with Crippen molar-refractivity contribution in [2.45, 2.75) is 148 Å². The van der Waals surface area contributed by atoms with Gasteiger partial charge in [-0.15, -0.1) is 0 Å². The van der Waals surface area contributed by atoms with Crippen LogP contribution in [0, 0.1) is 5.92 Å². The Hall–Kier alpha value is -13.3. The zero-order chi connectivity index (χ0) is 84.6. The molecule has 4 aliphatic carbocycles. The predicted molar refractivity (Wildman–Crippen MR) is 524 cm³/mol. The number of para-hydroxylation sites is 7. The molecular formula is C120H104N4. The molecule has 0 saturated heterocycles. The quantitative estimate of drug-likeness (QED) is 0.127. The first kappa shape index (κ1) is 75.7. The van der Waals surface area contributed by atoms with Crippen LogP contribution in [0.1, 0.15) is 209 Å². The maximum absolute atomic E-state index is 2.59. The van der Waals surface area contributed by atoms with Crippen molar-refractivity contribution in [3.8, 4) is 22.3 Å². The first-order valence-electron chi connectivity index (χ1n) is 44.9. The van der Waals surface area contributed by atoms with Gasteiger partial charge in [-0.05, 0) is 242 Å². The second kappa shape index (κ2) is 26.9. The van der Waals surface area contributed by atoms with Gasteiger partial charge in [0.1, 0.15) is 0 Å². The highest BCUT2D eigenvalue weighted by atomic mass is 15.2. The molecule has 0 radical (unpaired) electrons. The van der Waals surface area contributed by atoms with Crippen molar-refractivity contribution in [3.63, 3.8) is 0 Å². The van der Waals surface area contributed by atoms with E-state index in [2.05, 4.69) is 462 Å². The van der Waals surface area contributed by atoms with Crippen molar-refractivity contribution >= 4 is 103 Å². The Kier molecular flexibility index (Phi) is 16.4. The van der Waals surface area contributed by atoms with Crippen molar-refractivity contribution in [1.29, 1.82) is 0 Å². The van der Waals surface area contributed by atoms with Crippen LogP contribution < -0.4 is 19.6 Å². The third-order valence-electron chi connectivity index (χ3n) is 30.7. The molecule has 4 heterocycles. The molecular weight excluding hydrogens is 1500 g/mol. The molecule has 4 heteroatoms. The molecule has 4 aliphatic heterocycles. The largest absolute Gasteiger partial charge is 0.313 e. The van der Waals surface area contributed by atoms with E-state index in [4.69, 9.17) is 0 Å². The summed E-state index contributed by atoms with van der Waals surface area (Å²) in [4.78, 5) is 10.2. The van der Waals surface area contributed by atoms with Crippen LogP contribution in [0.25, 0.3) is 62.9 Å². The van der Waals surface area contributed by atoms with Crippen LogP contribution in [0.5, 0.6) is 0 Å². The van der Waals surface area contributed by atoms with E-state index in [1.165, 1.54) is 218 Å². The van der Waals surface area contributed by atoms with Crippen molar-refractivity contribution in [2.24, 2.45) is 5.92 Å². The fourth-order valence-corrected chi connectivity index (χ4v) is 24.2. The molecule has 8 aliphatic rings. The number of rotatable bonds is 10. The average Bonchev–Trinajstić information content (AvgIpc) is 0.906. The van der Waals surface area contributed by atoms with E-state index in [0.717, 1.165) is 12.8 Å². The molecule has 0 amide bonds. The second-order valence-electron chi connectivity index (χ2n) is 39.9. The summed E-state index contributed by atoms with van der Waals surface area (Å²) in [7, 11) is 0. The van der Waals surface area contributed by atoms with Gasteiger partial charge in [0, 0.05) is 77.7 Å². The lowest BCUT2D eigenvalue weighted by atomic mass is 9.65. The van der Waals surface area contributed by atoms with Gasteiger partial charge >= 0.3 is 0 Å². The minimum atomic E-state index is -0.421. The Morgan fingerprint density at radius 2 is 0.621 bits per heavy atom. The maximum Gasteiger partial charge on any atom is 0.0540 e. The van der Waals surface area contributed by atoms with Gasteiger partial charge in [-0.1, -0.05) is 358 Å². The van der Waals surface area contributed by atoms with E-state index in [0.29, 0.717) is 5.92 Å². The lowest BCUT2D eigenvalue weighted by molar-refractivity contribution is 0.544. The maximum atomic E-state index is 2.59. The summed E-state index contributed by atoms with van der Waals surface area (Å²) >= 11 is 0. The van der Waals surface area contributed by atoms with E-state index < -0.39 is 5.41 Å². The topological polar surface area (TPSA) is 13.0 Å². The van der Waals surface area contributed by atoms with E-state index in [-0.39, 0.29) is 32.5 Å². The Morgan fingerprint density at radius 1 is 0.274 bits per heavy atom. The standard InChI is InChI=1S/C120H104N4/c1-74-66-89-87-63-57-77(69-99(87)118(10,11)102(89)72-112(74)124-107-46-25-17-38-92(107)115(4,5)93-39-18-26-47-108(93)124)54-58-78-32-29-35-88-82(78)34-31-50-103(88)123-109-48-27-20-41-95(109)120(14,96-42-21-28-49-110(96)123)73-79-33-30-51-111-113(79)119(12,13)94-40-19-24-45-106(94)122(111)81-60-65-86-84-62-56-76(68-98(84)117(8,9)101(86)71-81)53-52-75-55-61-83-85-64-59-80(70-100(85)116(6,7)97(83)67-75)121-104-43-22-15-36-90(104)114(2,3)91-37-16-23-44-105(91)121/h15-65,67-72,74H,66,73H2,1-14H3. The van der Waals surface area contributed by atoms with Gasteiger partial charge in [0.2, 0.25) is 0 Å². The van der Waals surface area contributed by atoms with E-state index >= 15 is 0 Å². The smallest absolute Gasteiger partial charge is 0.0540 e. The fourth-order valence-electron chi connectivity index (χ4n) is 24.2. The second-order valence-corrected chi connectivity index (χ2v) is 39.9. The Bertz CT molecular complexity index is 7110. The zero-order valence-electron chi connectivity index (χ0n) is 73.7. The van der Waals surface area contributed by atoms with Crippen LogP contribution in [0.4, 0.5) is 62.6 Å². The monoisotopic (exact) mass is 1600 g/mol. The van der Waals surface area contributed by atoms with E-state index in [1.807, 2.05) is 0 Å². The molecule has 0 spiro atoms. The number of nitrogens with zero attached hydrogens (tertiary/aromatic N) is 4. The van der Waals surface area contributed by atoms with Crippen molar-refractivity contribution in [3.05, 3.63) is 439 Å². The first-order chi connectivity index (χ1) is 59.8. The van der Waals surface area contributed by atoms with Crippen LogP contribution in [0.2, 0.25) is 0 Å². The zero-order valence-corrected chi connectivity index (χ0v) is 73.7. The van der Waals surface area contributed by atoms with Crippen LogP contribution >= 0.6 is 0 Å². The molecule has 604 valence electrons. The Morgan fingerprint density at radius 3 is 1.10 bits per heavy atom. The van der Waals surface area contributed by atoms with Crippen molar-refractivity contribution in [1.82, 2.24) is 0 Å². The first-order valence-corrected chi connectivity index (χ1v) is 44.9. The highest BCUT2D eigenvalue weighted by molar-refractivity contribution is 6.05. The van der Waals surface area contributed by atoms with Gasteiger partial charge in [-0.25, -0.2) is 0 Å². The minimum Gasteiger partial charge on any atom is -0.313 e. The molecule has 15 aromatic carbocycles. The lowest BCUT2D eigenvalue weighted by Crippen LogP contribution is -2.37. The molecule has 124 heavy (non-hydrogen) atoms. The van der Waals surface area contributed by atoms with Crippen LogP contribution in [0.15, 0.2) is 333 Å². The van der Waals surface area contributed by atoms with Crippen molar-refractivity contribution < 1.29 is 0 Å². The summed E-state index contributed by atoms with van der Waals surface area (Å²) in [5, 5.41) is 2.44. The van der Waals surface area contributed by atoms with Crippen molar-refractivity contribution in [2.75, 3.05) is 19.6 Å². The number of hydrogen-bond acceptors (Lipinski definition) is 4. The number of hydrogen-bond donors (Lipinski definition) is 0. The molecule has 0 bridgehead atoms. The molecule has 0 N–H and O–H groups in total. The normalized spacial score (nSPS) is 18.2. The molecule has 23 rings (SSSR count). The summed E-state index contributed by atoms with van der Waals surface area (Å²) < 4.78 is 0. The average molecular weight is 1600 g/mol. The number of fused-ring (bicyclic) bond motifs is 17. The van der Waals surface area contributed by atoms with E-state index in [9.17, 15) is 0 Å². The van der Waals surface area contributed by atoms with Gasteiger partial charge in [0.15, 0.2) is 0 Å². The lowest BCUT2D eigenvalue weighted by Gasteiger charge is -2.46. The summed E-state index contributed by atoms with van der Waals surface area (Å²) in [5.74, 6) is 0.325. The highest BCUT2D eigenvalue weighted by Gasteiger charge is 2.49. The Balaban J connectivity index is 0.530. The summed E-state index contributed by atoms with van der Waals surface area (Å²) in [6.45, 7) is 33.9. The van der Waals surface area contributed by atoms with Crippen LogP contribution in [0.3, 0.4) is 0 Å². The summed E-state index contributed by atoms with van der Waals surface area (Å²) in [6, 6.07) is 121. The predicted octanol–water partition coefficient (Wildman–Crippen LogP) is 31.8. The van der Waals surface area contributed by atoms with E-state index in [1.54, 1.807) is 0 Å². The third kappa shape index (κ3) is 10.8. The highest BCUT2D eigenvalue weighted by Crippen LogP contribution is 2.63.